The second-order valence-corrected chi connectivity index (χ2v) is 3.65. The molecule has 0 aliphatic heterocycles. The molecule has 0 saturated carbocycles. The van der Waals surface area contributed by atoms with Gasteiger partial charge < -0.3 is 15.7 Å². The number of halogens is 2. The Bertz CT molecular complexity index is 282. The van der Waals surface area contributed by atoms with Gasteiger partial charge in [-0.2, -0.15) is 0 Å². The summed E-state index contributed by atoms with van der Waals surface area (Å²) in [6, 6.07) is 0. The molecule has 7 heteroatoms. The van der Waals surface area contributed by atoms with E-state index in [0.29, 0.717) is 10.1 Å². The summed E-state index contributed by atoms with van der Waals surface area (Å²) >= 11 is 1.13. The third-order valence-corrected chi connectivity index (χ3v) is 2.40. The summed E-state index contributed by atoms with van der Waals surface area (Å²) in [7, 11) is 0. The molecule has 80 valence electrons. The van der Waals surface area contributed by atoms with Gasteiger partial charge in [-0.15, -0.1) is 0 Å². The number of thiazole rings is 1. The Kier molecular flexibility index (Phi) is 4.02. The molecule has 0 atom stereocenters. The Morgan fingerprint density at radius 1 is 1.64 bits per heavy atom. The van der Waals surface area contributed by atoms with Crippen molar-refractivity contribution in [3.8, 4) is 0 Å². The number of nitrogen functional groups attached to an aromatic ring is 1. The highest BCUT2D eigenvalue weighted by Crippen LogP contribution is 2.24. The van der Waals surface area contributed by atoms with Crippen molar-refractivity contribution in [2.45, 2.75) is 6.43 Å². The van der Waals surface area contributed by atoms with E-state index in [2.05, 4.69) is 4.98 Å². The third kappa shape index (κ3) is 3.08. The van der Waals surface area contributed by atoms with Crippen LogP contribution in [-0.2, 0) is 0 Å². The molecule has 14 heavy (non-hydrogen) atoms. The first-order valence-electron chi connectivity index (χ1n) is 3.98. The van der Waals surface area contributed by atoms with Gasteiger partial charge >= 0.3 is 0 Å². The quantitative estimate of drug-likeness (QED) is 0.774. The number of nitrogens with zero attached hydrogens (tertiary/aromatic N) is 2. The molecule has 0 spiro atoms. The zero-order chi connectivity index (χ0) is 10.6. The van der Waals surface area contributed by atoms with Crippen LogP contribution in [0.2, 0.25) is 0 Å². The molecule has 1 rings (SSSR count). The lowest BCUT2D eigenvalue weighted by atomic mass is 10.5. The Labute approximate surface area is 84.0 Å². The first-order valence-corrected chi connectivity index (χ1v) is 4.80. The molecule has 0 fully saturated rings. The van der Waals surface area contributed by atoms with Gasteiger partial charge in [-0.1, -0.05) is 11.3 Å². The van der Waals surface area contributed by atoms with Crippen molar-refractivity contribution in [3.63, 3.8) is 0 Å². The fourth-order valence-corrected chi connectivity index (χ4v) is 1.69. The molecule has 0 radical (unpaired) electrons. The maximum absolute atomic E-state index is 12.1. The van der Waals surface area contributed by atoms with Crippen molar-refractivity contribution in [1.82, 2.24) is 4.98 Å². The molecule has 3 N–H and O–H groups in total. The van der Waals surface area contributed by atoms with Crippen molar-refractivity contribution in [1.29, 1.82) is 0 Å². The van der Waals surface area contributed by atoms with Gasteiger partial charge in [-0.25, -0.2) is 13.8 Å². The number of anilines is 2. The standard InChI is InChI=1S/C7H11F2N3OS/c8-5(9)4-12(1-2-13)7-11-3-6(10)14-7/h3,5,13H,1-2,4,10H2. The van der Waals surface area contributed by atoms with Gasteiger partial charge in [0.15, 0.2) is 5.13 Å². The number of aliphatic hydroxyl groups is 1. The summed E-state index contributed by atoms with van der Waals surface area (Å²) in [6.45, 7) is -0.489. The number of aliphatic hydroxyl groups excluding tert-OH is 1. The van der Waals surface area contributed by atoms with Crippen LogP contribution >= 0.6 is 11.3 Å². The van der Waals surface area contributed by atoms with Crippen molar-refractivity contribution >= 4 is 21.5 Å². The van der Waals surface area contributed by atoms with Crippen LogP contribution in [0.1, 0.15) is 0 Å². The van der Waals surface area contributed by atoms with Crippen LogP contribution in [-0.4, -0.2) is 36.2 Å². The van der Waals surface area contributed by atoms with E-state index in [1.807, 2.05) is 0 Å². The molecule has 1 heterocycles. The highest BCUT2D eigenvalue weighted by molar-refractivity contribution is 7.19. The number of hydrogen-bond donors (Lipinski definition) is 2. The van der Waals surface area contributed by atoms with E-state index in [4.69, 9.17) is 10.8 Å². The van der Waals surface area contributed by atoms with Crippen LogP contribution in [0.25, 0.3) is 0 Å². The summed E-state index contributed by atoms with van der Waals surface area (Å²) in [5.41, 5.74) is 5.42. The number of nitrogens with two attached hydrogens (primary N) is 1. The lowest BCUT2D eigenvalue weighted by Crippen LogP contribution is -2.31. The highest BCUT2D eigenvalue weighted by atomic mass is 32.1. The Morgan fingerprint density at radius 2 is 2.36 bits per heavy atom. The van der Waals surface area contributed by atoms with Crippen LogP contribution in [0, 0.1) is 0 Å². The Morgan fingerprint density at radius 3 is 2.79 bits per heavy atom. The van der Waals surface area contributed by atoms with Crippen LogP contribution < -0.4 is 10.6 Å². The molecule has 4 nitrogen and oxygen atoms in total. The molecule has 0 amide bonds. The normalized spacial score (nSPS) is 10.9. The maximum Gasteiger partial charge on any atom is 0.255 e. The minimum atomic E-state index is -2.45. The SMILES string of the molecule is Nc1cnc(N(CCO)CC(F)F)s1. The Balaban J connectivity index is 2.66. The maximum atomic E-state index is 12.1. The lowest BCUT2D eigenvalue weighted by molar-refractivity contribution is 0.153. The molecular formula is C7H11F2N3OS. The molecule has 0 unspecified atom stereocenters. The van der Waals surface area contributed by atoms with Gasteiger partial charge in [0.1, 0.15) is 5.00 Å². The molecular weight excluding hydrogens is 212 g/mol. The highest BCUT2D eigenvalue weighted by Gasteiger charge is 2.14. The van der Waals surface area contributed by atoms with E-state index in [9.17, 15) is 8.78 Å². The minimum Gasteiger partial charge on any atom is -0.395 e. The second-order valence-electron chi connectivity index (χ2n) is 2.61. The van der Waals surface area contributed by atoms with Crippen molar-refractivity contribution in [2.24, 2.45) is 0 Å². The van der Waals surface area contributed by atoms with E-state index in [-0.39, 0.29) is 13.2 Å². The second kappa shape index (κ2) is 5.06. The van der Waals surface area contributed by atoms with E-state index in [1.54, 1.807) is 0 Å². The van der Waals surface area contributed by atoms with Crippen LogP contribution in [0.4, 0.5) is 18.9 Å². The molecule has 0 aromatic carbocycles. The van der Waals surface area contributed by atoms with Crippen LogP contribution in [0.5, 0.6) is 0 Å². The Hall–Kier alpha value is -0.950. The minimum absolute atomic E-state index is 0.136. The predicted molar refractivity (Wildman–Crippen MR) is 51.8 cm³/mol. The summed E-state index contributed by atoms with van der Waals surface area (Å²) < 4.78 is 24.2. The number of aromatic nitrogens is 1. The van der Waals surface area contributed by atoms with Crippen molar-refractivity contribution in [3.05, 3.63) is 6.20 Å². The number of hydrogen-bond acceptors (Lipinski definition) is 5. The molecule has 0 saturated heterocycles. The summed E-state index contributed by atoms with van der Waals surface area (Å²) in [5, 5.41) is 9.56. The van der Waals surface area contributed by atoms with Crippen LogP contribution in [0.15, 0.2) is 6.20 Å². The topological polar surface area (TPSA) is 62.4 Å². The first-order chi connectivity index (χ1) is 6.63. The molecule has 1 aromatic rings. The zero-order valence-electron chi connectivity index (χ0n) is 7.36. The van der Waals surface area contributed by atoms with Gasteiger partial charge in [0.25, 0.3) is 6.43 Å². The van der Waals surface area contributed by atoms with Gasteiger partial charge in [0, 0.05) is 6.54 Å². The lowest BCUT2D eigenvalue weighted by Gasteiger charge is -2.19. The van der Waals surface area contributed by atoms with Gasteiger partial charge in [-0.3, -0.25) is 0 Å². The van der Waals surface area contributed by atoms with E-state index < -0.39 is 13.0 Å². The predicted octanol–water partition coefficient (Wildman–Crippen LogP) is 0.789. The van der Waals surface area contributed by atoms with Crippen LogP contribution in [0.3, 0.4) is 0 Å². The average molecular weight is 223 g/mol. The molecule has 1 aromatic heterocycles. The average Bonchev–Trinajstić information content (AvgIpc) is 2.50. The van der Waals surface area contributed by atoms with Gasteiger partial charge in [-0.05, 0) is 0 Å². The van der Waals surface area contributed by atoms with Gasteiger partial charge in [0.05, 0.1) is 19.3 Å². The first kappa shape index (κ1) is 11.1. The number of rotatable bonds is 5. The van der Waals surface area contributed by atoms with E-state index >= 15 is 0 Å². The third-order valence-electron chi connectivity index (χ3n) is 1.51. The molecule has 0 bridgehead atoms. The molecule has 0 aliphatic carbocycles. The fourth-order valence-electron chi connectivity index (χ4n) is 0.975. The number of alkyl halides is 2. The van der Waals surface area contributed by atoms with Crippen molar-refractivity contribution < 1.29 is 13.9 Å². The zero-order valence-corrected chi connectivity index (χ0v) is 8.18. The fraction of sp³-hybridized carbons (Fsp3) is 0.571. The van der Waals surface area contributed by atoms with Gasteiger partial charge in [0.2, 0.25) is 0 Å². The van der Waals surface area contributed by atoms with Crippen molar-refractivity contribution in [2.75, 3.05) is 30.3 Å². The molecule has 0 aliphatic rings. The summed E-state index contributed by atoms with van der Waals surface area (Å²) in [6.07, 6.45) is -1.04. The van der Waals surface area contributed by atoms with E-state index in [1.165, 1.54) is 11.1 Å². The smallest absolute Gasteiger partial charge is 0.255 e. The summed E-state index contributed by atoms with van der Waals surface area (Å²) in [4.78, 5) is 5.17. The summed E-state index contributed by atoms with van der Waals surface area (Å²) in [5.74, 6) is 0. The van der Waals surface area contributed by atoms with E-state index in [0.717, 1.165) is 11.3 Å². The largest absolute Gasteiger partial charge is 0.395 e. The monoisotopic (exact) mass is 223 g/mol.